The van der Waals surface area contributed by atoms with Crippen LogP contribution in [0.2, 0.25) is 0 Å². The van der Waals surface area contributed by atoms with E-state index in [0.29, 0.717) is 11.3 Å². The van der Waals surface area contributed by atoms with Crippen molar-refractivity contribution < 1.29 is 13.2 Å². The van der Waals surface area contributed by atoms with Crippen LogP contribution in [0.15, 0.2) is 42.6 Å². The van der Waals surface area contributed by atoms with Crippen LogP contribution in [-0.4, -0.2) is 19.5 Å². The first kappa shape index (κ1) is 21.5. The molecule has 160 valence electrons. The summed E-state index contributed by atoms with van der Waals surface area (Å²) >= 11 is 1.55. The number of benzene rings is 2. The third-order valence-electron chi connectivity index (χ3n) is 5.26. The molecule has 0 saturated carbocycles. The Balaban J connectivity index is 1.76. The van der Waals surface area contributed by atoms with Crippen LogP contribution in [-0.2, 0) is 17.3 Å². The van der Waals surface area contributed by atoms with Crippen LogP contribution in [0.4, 0.5) is 0 Å². The quantitative estimate of drug-likeness (QED) is 0.531. The van der Waals surface area contributed by atoms with E-state index < -0.39 is 10.9 Å². The van der Waals surface area contributed by atoms with E-state index in [4.69, 9.17) is 4.74 Å². The predicted molar refractivity (Wildman–Crippen MR) is 123 cm³/mol. The van der Waals surface area contributed by atoms with Gasteiger partial charge >= 0.3 is 0 Å². The van der Waals surface area contributed by atoms with Gasteiger partial charge in [0.2, 0.25) is 10.9 Å². The van der Waals surface area contributed by atoms with Gasteiger partial charge in [0.05, 0.1) is 22.1 Å². The molecule has 0 aliphatic heterocycles. The standard InChI is InChI=1S/C23H23N3O3S2/c1-14(2)29-22-15(12-24)6-3-10-19(22)23-25-13-21(30-23)18-9-4-8-17-16(18)7-5-11-20(17)26-31(27)28/h3-4,6,8-10,13-14,20,31H,5,7,11H2,1-2H3,(H,26,27,28). The fourth-order valence-corrected chi connectivity index (χ4v) is 5.53. The summed E-state index contributed by atoms with van der Waals surface area (Å²) in [6.07, 6.45) is 4.40. The van der Waals surface area contributed by atoms with Crippen LogP contribution in [0.1, 0.15) is 49.4 Å². The molecule has 6 nitrogen and oxygen atoms in total. The minimum atomic E-state index is -2.65. The summed E-state index contributed by atoms with van der Waals surface area (Å²) in [6.45, 7) is 3.86. The van der Waals surface area contributed by atoms with Gasteiger partial charge in [-0.05, 0) is 61.9 Å². The highest BCUT2D eigenvalue weighted by atomic mass is 32.2. The summed E-state index contributed by atoms with van der Waals surface area (Å²) in [5.74, 6) is 0.555. The molecule has 1 N–H and O–H groups in total. The van der Waals surface area contributed by atoms with Gasteiger partial charge < -0.3 is 4.74 Å². The molecule has 31 heavy (non-hydrogen) atoms. The van der Waals surface area contributed by atoms with E-state index in [0.717, 1.165) is 45.8 Å². The SMILES string of the molecule is CC(C)Oc1c(C#N)cccc1-c1ncc(-c2cccc3c2CCCC3N[SH](=O)=O)s1. The van der Waals surface area contributed by atoms with Gasteiger partial charge in [-0.3, -0.25) is 0 Å². The molecule has 0 spiro atoms. The van der Waals surface area contributed by atoms with Gasteiger partial charge in [0.25, 0.3) is 0 Å². The molecule has 0 saturated heterocycles. The summed E-state index contributed by atoms with van der Waals surface area (Å²) in [4.78, 5) is 5.65. The molecule has 1 unspecified atom stereocenters. The third-order valence-corrected chi connectivity index (χ3v) is 6.85. The summed E-state index contributed by atoms with van der Waals surface area (Å²) in [5.41, 5.74) is 4.57. The maximum atomic E-state index is 11.2. The van der Waals surface area contributed by atoms with Crippen molar-refractivity contribution in [2.75, 3.05) is 0 Å². The Labute approximate surface area is 187 Å². The van der Waals surface area contributed by atoms with E-state index in [2.05, 4.69) is 21.8 Å². The van der Waals surface area contributed by atoms with Crippen LogP contribution >= 0.6 is 11.3 Å². The third kappa shape index (κ3) is 4.49. The Kier molecular flexibility index (Phi) is 6.37. The summed E-state index contributed by atoms with van der Waals surface area (Å²) in [5, 5.41) is 10.3. The summed E-state index contributed by atoms with van der Waals surface area (Å²) in [6, 6.07) is 13.6. The van der Waals surface area contributed by atoms with Crippen molar-refractivity contribution in [3.63, 3.8) is 0 Å². The number of nitrogens with zero attached hydrogens (tertiary/aromatic N) is 2. The van der Waals surface area contributed by atoms with E-state index in [1.54, 1.807) is 17.4 Å². The minimum absolute atomic E-state index is 0.0641. The second kappa shape index (κ2) is 9.18. The zero-order valence-corrected chi connectivity index (χ0v) is 19.0. The lowest BCUT2D eigenvalue weighted by molar-refractivity contribution is 0.243. The maximum Gasteiger partial charge on any atom is 0.201 e. The monoisotopic (exact) mass is 453 g/mol. The number of rotatable bonds is 6. The van der Waals surface area contributed by atoms with Gasteiger partial charge in [-0.15, -0.1) is 11.3 Å². The van der Waals surface area contributed by atoms with Gasteiger partial charge in [0.15, 0.2) is 0 Å². The normalized spacial score (nSPS) is 15.6. The van der Waals surface area contributed by atoms with Gasteiger partial charge in [0, 0.05) is 12.2 Å². The van der Waals surface area contributed by atoms with E-state index in [-0.39, 0.29) is 12.1 Å². The molecule has 4 rings (SSSR count). The Morgan fingerprint density at radius 3 is 2.74 bits per heavy atom. The second-order valence-electron chi connectivity index (χ2n) is 7.69. The van der Waals surface area contributed by atoms with E-state index >= 15 is 0 Å². The number of aromatic nitrogens is 1. The lowest BCUT2D eigenvalue weighted by Gasteiger charge is -2.26. The molecular weight excluding hydrogens is 430 g/mol. The van der Waals surface area contributed by atoms with Crippen molar-refractivity contribution in [3.8, 4) is 32.8 Å². The van der Waals surface area contributed by atoms with Crippen LogP contribution in [0.5, 0.6) is 5.75 Å². The number of hydrogen-bond donors (Lipinski definition) is 2. The highest BCUT2D eigenvalue weighted by Crippen LogP contribution is 2.42. The average molecular weight is 454 g/mol. The topological polar surface area (TPSA) is 92.1 Å². The first-order valence-electron chi connectivity index (χ1n) is 10.2. The fourth-order valence-electron chi connectivity index (χ4n) is 4.02. The number of ether oxygens (including phenoxy) is 1. The van der Waals surface area contributed by atoms with Crippen LogP contribution < -0.4 is 9.46 Å². The summed E-state index contributed by atoms with van der Waals surface area (Å²) < 4.78 is 31.1. The van der Waals surface area contributed by atoms with E-state index in [9.17, 15) is 13.7 Å². The molecule has 1 aromatic heterocycles. The highest BCUT2D eigenvalue weighted by molar-refractivity contribution is 7.70. The first-order chi connectivity index (χ1) is 15.0. The van der Waals surface area contributed by atoms with Crippen LogP contribution in [0.25, 0.3) is 21.0 Å². The molecule has 0 radical (unpaired) electrons. The Morgan fingerprint density at radius 2 is 2.00 bits per heavy atom. The maximum absolute atomic E-state index is 11.2. The lowest BCUT2D eigenvalue weighted by atomic mass is 9.85. The van der Waals surface area contributed by atoms with Crippen molar-refractivity contribution >= 4 is 22.2 Å². The van der Waals surface area contributed by atoms with Crippen molar-refractivity contribution in [2.45, 2.75) is 45.3 Å². The number of thiazole rings is 1. The number of hydrogen-bond acceptors (Lipinski definition) is 6. The largest absolute Gasteiger partial charge is 0.489 e. The Morgan fingerprint density at radius 1 is 1.23 bits per heavy atom. The van der Waals surface area contributed by atoms with Crippen molar-refractivity contribution in [1.82, 2.24) is 9.71 Å². The van der Waals surface area contributed by atoms with Crippen LogP contribution in [0.3, 0.4) is 0 Å². The molecule has 1 aliphatic rings. The number of para-hydroxylation sites is 1. The molecule has 0 bridgehead atoms. The highest BCUT2D eigenvalue weighted by Gasteiger charge is 2.24. The number of thiol groups is 1. The molecule has 0 fully saturated rings. The molecule has 1 heterocycles. The number of fused-ring (bicyclic) bond motifs is 1. The first-order valence-corrected chi connectivity index (χ1v) is 12.2. The molecule has 1 atom stereocenters. The predicted octanol–water partition coefficient (Wildman–Crippen LogP) is 4.63. The molecule has 8 heteroatoms. The summed E-state index contributed by atoms with van der Waals surface area (Å²) in [7, 11) is -2.65. The fraction of sp³-hybridized carbons (Fsp3) is 0.304. The van der Waals surface area contributed by atoms with Gasteiger partial charge in [-0.2, -0.15) is 5.26 Å². The second-order valence-corrected chi connectivity index (χ2v) is 9.50. The van der Waals surface area contributed by atoms with Crippen molar-refractivity contribution in [2.24, 2.45) is 0 Å². The lowest BCUT2D eigenvalue weighted by Crippen LogP contribution is -2.24. The Bertz CT molecular complexity index is 1220. The zero-order chi connectivity index (χ0) is 22.0. The number of nitriles is 1. The van der Waals surface area contributed by atoms with Crippen LogP contribution in [0, 0.1) is 11.3 Å². The van der Waals surface area contributed by atoms with Crippen molar-refractivity contribution in [1.29, 1.82) is 5.26 Å². The molecule has 0 amide bonds. The van der Waals surface area contributed by atoms with E-state index in [1.807, 2.05) is 44.3 Å². The molecule has 2 aromatic carbocycles. The smallest absolute Gasteiger partial charge is 0.201 e. The average Bonchev–Trinajstić information content (AvgIpc) is 3.23. The number of nitrogens with one attached hydrogen (secondary N) is 1. The molecule has 3 aromatic rings. The minimum Gasteiger partial charge on any atom is -0.489 e. The van der Waals surface area contributed by atoms with Crippen molar-refractivity contribution in [3.05, 3.63) is 59.3 Å². The molecular formula is C23H23N3O3S2. The van der Waals surface area contributed by atoms with Gasteiger partial charge in [-0.25, -0.2) is 18.1 Å². The van der Waals surface area contributed by atoms with E-state index in [1.165, 1.54) is 5.56 Å². The zero-order valence-electron chi connectivity index (χ0n) is 17.3. The van der Waals surface area contributed by atoms with Gasteiger partial charge in [-0.1, -0.05) is 24.3 Å². The molecule has 1 aliphatic carbocycles. The Hall–Kier alpha value is -2.73. The van der Waals surface area contributed by atoms with Gasteiger partial charge in [0.1, 0.15) is 16.8 Å².